The van der Waals surface area contributed by atoms with E-state index in [9.17, 15) is 0 Å². The van der Waals surface area contributed by atoms with E-state index in [-0.39, 0.29) is 6.04 Å². The Morgan fingerprint density at radius 3 is 2.89 bits per heavy atom. The lowest BCUT2D eigenvalue weighted by Gasteiger charge is -1.93. The SMILES string of the molecule is CC(CN=[N+]=[N-])N=NN. The molecule has 6 heteroatoms. The monoisotopic (exact) mass is 128 g/mol. The molecule has 1 unspecified atom stereocenters. The molecule has 0 aliphatic rings. The summed E-state index contributed by atoms with van der Waals surface area (Å²) in [6, 6.07) is -0.120. The molecule has 0 saturated heterocycles. The van der Waals surface area contributed by atoms with Crippen LogP contribution in [0.4, 0.5) is 0 Å². The lowest BCUT2D eigenvalue weighted by Crippen LogP contribution is -2.01. The molecule has 50 valence electrons. The average molecular weight is 128 g/mol. The highest BCUT2D eigenvalue weighted by Crippen LogP contribution is 1.89. The minimum absolute atomic E-state index is 0.120. The summed E-state index contributed by atoms with van der Waals surface area (Å²) in [4.78, 5) is 2.54. The van der Waals surface area contributed by atoms with Crippen LogP contribution in [0.25, 0.3) is 10.4 Å². The topological polar surface area (TPSA) is 99.5 Å². The molecule has 0 saturated carbocycles. The van der Waals surface area contributed by atoms with Gasteiger partial charge in [-0.1, -0.05) is 10.3 Å². The van der Waals surface area contributed by atoms with Crippen LogP contribution in [0.1, 0.15) is 6.92 Å². The molecule has 6 nitrogen and oxygen atoms in total. The molecule has 0 rings (SSSR count). The fourth-order valence-electron chi connectivity index (χ4n) is 0.305. The van der Waals surface area contributed by atoms with Gasteiger partial charge in [0, 0.05) is 11.5 Å². The van der Waals surface area contributed by atoms with Crippen LogP contribution in [0.5, 0.6) is 0 Å². The van der Waals surface area contributed by atoms with Crippen LogP contribution in [-0.2, 0) is 0 Å². The van der Waals surface area contributed by atoms with Gasteiger partial charge in [0.15, 0.2) is 0 Å². The number of hydrogen-bond donors (Lipinski definition) is 1. The highest BCUT2D eigenvalue weighted by molar-refractivity contribution is 4.59. The second-order valence-corrected chi connectivity index (χ2v) is 1.49. The number of azide groups is 1. The summed E-state index contributed by atoms with van der Waals surface area (Å²) in [6.07, 6.45) is 0. The molecule has 0 spiro atoms. The molecule has 0 aromatic rings. The number of nitrogens with two attached hydrogens (primary N) is 1. The Balaban J connectivity index is 3.49. The second-order valence-electron chi connectivity index (χ2n) is 1.49. The largest absolute Gasteiger partial charge is 0.305 e. The van der Waals surface area contributed by atoms with Crippen molar-refractivity contribution in [2.24, 2.45) is 21.3 Å². The minimum atomic E-state index is -0.120. The lowest BCUT2D eigenvalue weighted by molar-refractivity contribution is 0.692. The molecule has 0 radical (unpaired) electrons. The first-order valence-corrected chi connectivity index (χ1v) is 2.42. The maximum absolute atomic E-state index is 7.84. The van der Waals surface area contributed by atoms with Crippen molar-refractivity contribution in [3.8, 4) is 0 Å². The van der Waals surface area contributed by atoms with Gasteiger partial charge >= 0.3 is 0 Å². The molecule has 2 N–H and O–H groups in total. The van der Waals surface area contributed by atoms with Gasteiger partial charge in [0.25, 0.3) is 0 Å². The van der Waals surface area contributed by atoms with Gasteiger partial charge in [-0.25, -0.2) is 0 Å². The van der Waals surface area contributed by atoms with Gasteiger partial charge in [-0.3, -0.25) is 0 Å². The molecule has 0 aliphatic carbocycles. The summed E-state index contributed by atoms with van der Waals surface area (Å²) in [5.41, 5.74) is 7.84. The Kier molecular flexibility index (Phi) is 4.16. The molecular weight excluding hydrogens is 120 g/mol. The summed E-state index contributed by atoms with van der Waals surface area (Å²) in [6.45, 7) is 2.06. The summed E-state index contributed by atoms with van der Waals surface area (Å²) < 4.78 is 0. The van der Waals surface area contributed by atoms with Crippen molar-refractivity contribution in [1.29, 1.82) is 0 Å². The van der Waals surface area contributed by atoms with E-state index in [1.54, 1.807) is 6.92 Å². The molecular formula is C3H8N6. The van der Waals surface area contributed by atoms with Gasteiger partial charge in [0.05, 0.1) is 6.04 Å². The summed E-state index contributed by atoms with van der Waals surface area (Å²) >= 11 is 0. The zero-order chi connectivity index (χ0) is 7.11. The standard InChI is InChI=1S/C3H8N6/c1-3(7-9-5)2-6-8-4/h3H,2H2,1H3,(H2,5,7). The Bertz CT molecular complexity index is 133. The zero-order valence-corrected chi connectivity index (χ0v) is 5.10. The van der Waals surface area contributed by atoms with Crippen LogP contribution in [0, 0.1) is 0 Å². The number of rotatable bonds is 3. The van der Waals surface area contributed by atoms with Crippen molar-refractivity contribution in [1.82, 2.24) is 0 Å². The van der Waals surface area contributed by atoms with Crippen molar-refractivity contribution in [3.05, 3.63) is 10.4 Å². The van der Waals surface area contributed by atoms with E-state index in [4.69, 9.17) is 11.4 Å². The smallest absolute Gasteiger partial charge is 0.0757 e. The first-order valence-electron chi connectivity index (χ1n) is 2.42. The average Bonchev–Trinajstić information content (AvgIpc) is 1.85. The third-order valence-corrected chi connectivity index (χ3v) is 0.673. The summed E-state index contributed by atoms with van der Waals surface area (Å²) in [5.74, 6) is 4.72. The summed E-state index contributed by atoms with van der Waals surface area (Å²) in [7, 11) is 0. The predicted octanol–water partition coefficient (Wildman–Crippen LogP) is 1.01. The van der Waals surface area contributed by atoms with Crippen LogP contribution < -0.4 is 5.84 Å². The molecule has 0 heterocycles. The van der Waals surface area contributed by atoms with Crippen molar-refractivity contribution < 1.29 is 0 Å². The van der Waals surface area contributed by atoms with Gasteiger partial charge in [-0.2, -0.15) is 5.11 Å². The van der Waals surface area contributed by atoms with E-state index in [1.807, 2.05) is 0 Å². The Labute approximate surface area is 52.4 Å². The fraction of sp³-hybridized carbons (Fsp3) is 1.00. The lowest BCUT2D eigenvalue weighted by atomic mass is 10.4. The Morgan fingerprint density at radius 2 is 2.44 bits per heavy atom. The van der Waals surface area contributed by atoms with Crippen molar-refractivity contribution in [3.63, 3.8) is 0 Å². The zero-order valence-electron chi connectivity index (χ0n) is 5.10. The van der Waals surface area contributed by atoms with Crippen LogP contribution in [-0.4, -0.2) is 12.6 Å². The molecule has 9 heavy (non-hydrogen) atoms. The van der Waals surface area contributed by atoms with E-state index in [0.29, 0.717) is 6.54 Å². The van der Waals surface area contributed by atoms with Gasteiger partial charge in [-0.05, 0) is 12.5 Å². The van der Waals surface area contributed by atoms with E-state index >= 15 is 0 Å². The minimum Gasteiger partial charge on any atom is -0.305 e. The van der Waals surface area contributed by atoms with E-state index < -0.39 is 0 Å². The van der Waals surface area contributed by atoms with Crippen molar-refractivity contribution >= 4 is 0 Å². The Morgan fingerprint density at radius 1 is 1.78 bits per heavy atom. The van der Waals surface area contributed by atoms with Crippen LogP contribution in [0.15, 0.2) is 15.5 Å². The number of nitrogens with zero attached hydrogens (tertiary/aromatic N) is 5. The molecule has 0 amide bonds. The van der Waals surface area contributed by atoms with E-state index in [0.717, 1.165) is 0 Å². The first-order chi connectivity index (χ1) is 4.31. The van der Waals surface area contributed by atoms with Crippen molar-refractivity contribution in [2.45, 2.75) is 13.0 Å². The maximum Gasteiger partial charge on any atom is 0.0757 e. The van der Waals surface area contributed by atoms with E-state index in [2.05, 4.69) is 20.4 Å². The van der Waals surface area contributed by atoms with Crippen molar-refractivity contribution in [2.75, 3.05) is 6.54 Å². The third-order valence-electron chi connectivity index (χ3n) is 0.673. The van der Waals surface area contributed by atoms with E-state index in [1.165, 1.54) is 0 Å². The quantitative estimate of drug-likeness (QED) is 0.198. The van der Waals surface area contributed by atoms with Crippen LogP contribution in [0.3, 0.4) is 0 Å². The maximum atomic E-state index is 7.84. The van der Waals surface area contributed by atoms with Gasteiger partial charge in [0.1, 0.15) is 0 Å². The first kappa shape index (κ1) is 7.71. The van der Waals surface area contributed by atoms with Gasteiger partial charge in [0.2, 0.25) is 0 Å². The highest BCUT2D eigenvalue weighted by atomic mass is 15.3. The predicted molar refractivity (Wildman–Crippen MR) is 32.5 cm³/mol. The van der Waals surface area contributed by atoms with Gasteiger partial charge < -0.3 is 5.84 Å². The summed E-state index contributed by atoms with van der Waals surface area (Å²) in [5, 5.41) is 9.79. The molecule has 0 fully saturated rings. The van der Waals surface area contributed by atoms with Gasteiger partial charge in [-0.15, -0.1) is 0 Å². The molecule has 1 atom stereocenters. The molecule has 0 bridgehead atoms. The molecule has 0 aromatic carbocycles. The highest BCUT2D eigenvalue weighted by Gasteiger charge is 1.93. The normalized spacial score (nSPS) is 13.0. The van der Waals surface area contributed by atoms with Crippen LogP contribution >= 0.6 is 0 Å². The Hall–Kier alpha value is -1.29. The molecule has 0 aromatic heterocycles. The van der Waals surface area contributed by atoms with Crippen LogP contribution in [0.2, 0.25) is 0 Å². The second kappa shape index (κ2) is 4.86. The molecule has 0 aliphatic heterocycles. The fourth-order valence-corrected chi connectivity index (χ4v) is 0.305. The number of hydrogen-bond acceptors (Lipinski definition) is 3. The third kappa shape index (κ3) is 4.57.